The predicted molar refractivity (Wildman–Crippen MR) is 89.5 cm³/mol. The molecule has 7 nitrogen and oxygen atoms in total. The van der Waals surface area contributed by atoms with Crippen LogP contribution in [0, 0.1) is 0 Å². The number of nitrogens with zero attached hydrogens (tertiary/aromatic N) is 3. The van der Waals surface area contributed by atoms with Gasteiger partial charge in [0.05, 0.1) is 12.2 Å². The Morgan fingerprint density at radius 3 is 2.87 bits per heavy atom. The Labute approximate surface area is 143 Å². The molecule has 1 aromatic rings. The Bertz CT molecular complexity index is 659. The van der Waals surface area contributed by atoms with Crippen LogP contribution in [-0.2, 0) is 9.53 Å². The Balaban J connectivity index is 1.79. The second kappa shape index (κ2) is 5.67. The molecule has 0 bridgehead atoms. The van der Waals surface area contributed by atoms with Crippen LogP contribution in [-0.4, -0.2) is 53.2 Å². The minimum absolute atomic E-state index is 0.134. The molecule has 0 spiro atoms. The molecule has 1 N–H and O–H groups in total. The number of aromatic nitrogens is 1. The fraction of sp³-hybridized carbons (Fsp3) is 0.533. The highest BCUT2D eigenvalue weighted by Crippen LogP contribution is 2.33. The zero-order valence-electron chi connectivity index (χ0n) is 13.3. The molecule has 2 aliphatic heterocycles. The van der Waals surface area contributed by atoms with E-state index in [4.69, 9.17) is 4.74 Å². The first kappa shape index (κ1) is 16.0. The SMILES string of the molecule is CC(C)(C)OC(=O)N1CCN2c3ncc(Br)cc3NC(=O)[C@H]2C1. The molecule has 0 aromatic carbocycles. The molecule has 124 valence electrons. The molecule has 2 aliphatic rings. The van der Waals surface area contributed by atoms with E-state index >= 15 is 0 Å². The predicted octanol–water partition coefficient (Wildman–Crippen LogP) is 2.22. The van der Waals surface area contributed by atoms with Crippen molar-refractivity contribution in [3.63, 3.8) is 0 Å². The molecule has 1 atom stereocenters. The van der Waals surface area contributed by atoms with Crippen LogP contribution in [0.15, 0.2) is 16.7 Å². The first-order valence-electron chi connectivity index (χ1n) is 7.45. The van der Waals surface area contributed by atoms with Crippen LogP contribution in [0.3, 0.4) is 0 Å². The number of hydrogen-bond donors (Lipinski definition) is 1. The van der Waals surface area contributed by atoms with Gasteiger partial charge >= 0.3 is 6.09 Å². The van der Waals surface area contributed by atoms with Crippen molar-refractivity contribution in [3.8, 4) is 0 Å². The first-order valence-corrected chi connectivity index (χ1v) is 8.25. The molecule has 3 rings (SSSR count). The van der Waals surface area contributed by atoms with Crippen molar-refractivity contribution in [1.29, 1.82) is 0 Å². The van der Waals surface area contributed by atoms with Crippen molar-refractivity contribution in [2.45, 2.75) is 32.4 Å². The summed E-state index contributed by atoms with van der Waals surface area (Å²) in [5.41, 5.74) is 0.134. The quantitative estimate of drug-likeness (QED) is 0.744. The van der Waals surface area contributed by atoms with E-state index in [-0.39, 0.29) is 18.5 Å². The van der Waals surface area contributed by atoms with E-state index in [0.717, 1.165) is 10.3 Å². The third kappa shape index (κ3) is 3.26. The third-order valence-electron chi connectivity index (χ3n) is 3.70. The van der Waals surface area contributed by atoms with Gasteiger partial charge in [-0.15, -0.1) is 0 Å². The number of hydrogen-bond acceptors (Lipinski definition) is 5. The number of nitrogens with one attached hydrogen (secondary N) is 1. The molecule has 0 saturated carbocycles. The van der Waals surface area contributed by atoms with Crippen LogP contribution in [0.5, 0.6) is 0 Å². The summed E-state index contributed by atoms with van der Waals surface area (Å²) in [5.74, 6) is 0.604. The molecule has 0 radical (unpaired) electrons. The van der Waals surface area contributed by atoms with E-state index in [2.05, 4.69) is 26.2 Å². The van der Waals surface area contributed by atoms with Crippen molar-refractivity contribution in [2.75, 3.05) is 29.9 Å². The molecule has 1 saturated heterocycles. The number of carbonyl (C=O) groups excluding carboxylic acids is 2. The molecule has 2 amide bonds. The zero-order valence-corrected chi connectivity index (χ0v) is 14.9. The first-order chi connectivity index (χ1) is 10.7. The van der Waals surface area contributed by atoms with E-state index in [0.29, 0.717) is 18.8 Å². The second-order valence-corrected chi connectivity index (χ2v) is 7.57. The van der Waals surface area contributed by atoms with Gasteiger partial charge in [-0.1, -0.05) is 0 Å². The number of piperazine rings is 1. The van der Waals surface area contributed by atoms with Gasteiger partial charge in [-0.2, -0.15) is 0 Å². The zero-order chi connectivity index (χ0) is 16.8. The van der Waals surface area contributed by atoms with Gasteiger partial charge in [-0.05, 0) is 42.8 Å². The maximum absolute atomic E-state index is 12.4. The van der Waals surface area contributed by atoms with Crippen LogP contribution < -0.4 is 10.2 Å². The molecule has 1 aromatic heterocycles. The van der Waals surface area contributed by atoms with Gasteiger partial charge in [0.2, 0.25) is 5.91 Å². The largest absolute Gasteiger partial charge is 0.444 e. The highest BCUT2D eigenvalue weighted by molar-refractivity contribution is 9.10. The smallest absolute Gasteiger partial charge is 0.410 e. The summed E-state index contributed by atoms with van der Waals surface area (Å²) in [5, 5.41) is 2.86. The van der Waals surface area contributed by atoms with Crippen LogP contribution in [0.2, 0.25) is 0 Å². The van der Waals surface area contributed by atoms with E-state index < -0.39 is 11.6 Å². The number of anilines is 2. The van der Waals surface area contributed by atoms with Crippen LogP contribution in [0.4, 0.5) is 16.3 Å². The van der Waals surface area contributed by atoms with Gasteiger partial charge in [0.25, 0.3) is 0 Å². The van der Waals surface area contributed by atoms with Gasteiger partial charge in [0, 0.05) is 23.8 Å². The fourth-order valence-corrected chi connectivity index (χ4v) is 3.05. The number of ether oxygens (including phenoxy) is 1. The van der Waals surface area contributed by atoms with Crippen LogP contribution in [0.25, 0.3) is 0 Å². The molecular formula is C15H19BrN4O3. The average molecular weight is 383 g/mol. The topological polar surface area (TPSA) is 74.8 Å². The van der Waals surface area contributed by atoms with Crippen molar-refractivity contribution >= 4 is 39.4 Å². The molecule has 3 heterocycles. The summed E-state index contributed by atoms with van der Waals surface area (Å²) in [7, 11) is 0. The van der Waals surface area contributed by atoms with E-state index in [1.54, 1.807) is 11.1 Å². The highest BCUT2D eigenvalue weighted by atomic mass is 79.9. The fourth-order valence-electron chi connectivity index (χ4n) is 2.72. The maximum Gasteiger partial charge on any atom is 0.410 e. The normalized spacial score (nSPS) is 20.5. The minimum atomic E-state index is -0.552. The summed E-state index contributed by atoms with van der Waals surface area (Å²) in [4.78, 5) is 32.5. The number of fused-ring (bicyclic) bond motifs is 3. The molecule has 1 fully saturated rings. The van der Waals surface area contributed by atoms with E-state index in [1.807, 2.05) is 31.7 Å². The van der Waals surface area contributed by atoms with Crippen molar-refractivity contribution in [1.82, 2.24) is 9.88 Å². The summed E-state index contributed by atoms with van der Waals surface area (Å²) in [6.07, 6.45) is 1.31. The van der Waals surface area contributed by atoms with Crippen LogP contribution in [0.1, 0.15) is 20.8 Å². The van der Waals surface area contributed by atoms with Crippen molar-refractivity contribution in [3.05, 3.63) is 16.7 Å². The average Bonchev–Trinajstić information content (AvgIpc) is 2.45. The van der Waals surface area contributed by atoms with Crippen LogP contribution >= 0.6 is 15.9 Å². The molecule has 0 aliphatic carbocycles. The third-order valence-corrected chi connectivity index (χ3v) is 4.13. The van der Waals surface area contributed by atoms with Gasteiger partial charge in [0.1, 0.15) is 11.6 Å². The lowest BCUT2D eigenvalue weighted by atomic mass is 10.1. The molecular weight excluding hydrogens is 364 g/mol. The van der Waals surface area contributed by atoms with Gasteiger partial charge in [0.15, 0.2) is 5.82 Å². The molecule has 0 unspecified atom stereocenters. The number of halogens is 1. The van der Waals surface area contributed by atoms with E-state index in [9.17, 15) is 9.59 Å². The summed E-state index contributed by atoms with van der Waals surface area (Å²) < 4.78 is 6.20. The Hall–Kier alpha value is -1.83. The lowest BCUT2D eigenvalue weighted by Crippen LogP contribution is -2.61. The maximum atomic E-state index is 12.4. The number of carbonyl (C=O) groups is 2. The summed E-state index contributed by atoms with van der Waals surface area (Å²) in [6, 6.07) is 1.38. The molecule has 23 heavy (non-hydrogen) atoms. The Morgan fingerprint density at radius 1 is 1.43 bits per heavy atom. The standard InChI is InChI=1S/C15H19BrN4O3/c1-15(2,3)23-14(22)19-4-5-20-11(8-19)13(21)18-10-6-9(16)7-17-12(10)20/h6-7,11H,4-5,8H2,1-3H3,(H,18,21)/t11-/m1/s1. The lowest BCUT2D eigenvalue weighted by molar-refractivity contribution is -0.118. The molecule has 8 heteroatoms. The minimum Gasteiger partial charge on any atom is -0.444 e. The van der Waals surface area contributed by atoms with Gasteiger partial charge in [-0.3, -0.25) is 4.79 Å². The van der Waals surface area contributed by atoms with Gasteiger partial charge < -0.3 is 19.9 Å². The monoisotopic (exact) mass is 382 g/mol. The Kier molecular flexibility index (Phi) is 3.95. The second-order valence-electron chi connectivity index (χ2n) is 6.65. The Morgan fingerprint density at radius 2 is 2.17 bits per heavy atom. The highest BCUT2D eigenvalue weighted by Gasteiger charge is 2.40. The van der Waals surface area contributed by atoms with Crippen molar-refractivity contribution in [2.24, 2.45) is 0 Å². The van der Waals surface area contributed by atoms with E-state index in [1.165, 1.54) is 0 Å². The summed E-state index contributed by atoms with van der Waals surface area (Å²) >= 11 is 3.35. The number of amides is 2. The summed E-state index contributed by atoms with van der Waals surface area (Å²) in [6.45, 7) is 6.80. The number of pyridine rings is 1. The van der Waals surface area contributed by atoms with Gasteiger partial charge in [-0.25, -0.2) is 9.78 Å². The lowest BCUT2D eigenvalue weighted by Gasteiger charge is -2.44. The number of rotatable bonds is 0. The van der Waals surface area contributed by atoms with Crippen molar-refractivity contribution < 1.29 is 14.3 Å².